The normalized spacial score (nSPS) is 14.1. The minimum atomic E-state index is -0.998. The lowest BCUT2D eigenvalue weighted by atomic mass is 9.92. The minimum absolute atomic E-state index is 0.00279. The van der Waals surface area contributed by atoms with E-state index < -0.39 is 16.4 Å². The standard InChI is InChI=1S/C15H20N2O4/c1-11(2)15(3,19)10-16-14(18)9-8-12-6-4-5-7-13(12)17(20)21/h4-9,11,19H,10H2,1-3H3,(H,16,18). The summed E-state index contributed by atoms with van der Waals surface area (Å²) in [5, 5.41) is 23.4. The summed E-state index contributed by atoms with van der Waals surface area (Å²) < 4.78 is 0. The zero-order valence-corrected chi connectivity index (χ0v) is 12.4. The van der Waals surface area contributed by atoms with Crippen molar-refractivity contribution >= 4 is 17.7 Å². The fourth-order valence-corrected chi connectivity index (χ4v) is 1.49. The molecule has 0 aliphatic heterocycles. The van der Waals surface area contributed by atoms with Crippen LogP contribution in [0.3, 0.4) is 0 Å². The van der Waals surface area contributed by atoms with E-state index in [9.17, 15) is 20.0 Å². The van der Waals surface area contributed by atoms with Crippen molar-refractivity contribution in [3.63, 3.8) is 0 Å². The third-order valence-electron chi connectivity index (χ3n) is 3.41. The number of rotatable bonds is 6. The van der Waals surface area contributed by atoms with Gasteiger partial charge >= 0.3 is 0 Å². The Labute approximate surface area is 123 Å². The Balaban J connectivity index is 2.70. The van der Waals surface area contributed by atoms with Gasteiger partial charge in [0, 0.05) is 18.7 Å². The van der Waals surface area contributed by atoms with Crippen molar-refractivity contribution in [3.8, 4) is 0 Å². The lowest BCUT2D eigenvalue weighted by Gasteiger charge is -2.27. The van der Waals surface area contributed by atoms with Crippen LogP contribution in [-0.4, -0.2) is 28.1 Å². The van der Waals surface area contributed by atoms with E-state index in [0.717, 1.165) is 0 Å². The number of benzene rings is 1. The average molecular weight is 292 g/mol. The summed E-state index contributed by atoms with van der Waals surface area (Å²) in [6.45, 7) is 5.47. The Kier molecular flexibility index (Phi) is 5.60. The quantitative estimate of drug-likeness (QED) is 0.477. The van der Waals surface area contributed by atoms with E-state index in [2.05, 4.69) is 5.32 Å². The maximum Gasteiger partial charge on any atom is 0.276 e. The molecule has 1 unspecified atom stereocenters. The molecule has 0 bridgehead atoms. The number of nitrogens with one attached hydrogen (secondary N) is 1. The lowest BCUT2D eigenvalue weighted by Crippen LogP contribution is -2.43. The number of para-hydroxylation sites is 1. The molecule has 1 aromatic rings. The van der Waals surface area contributed by atoms with Gasteiger partial charge in [0.2, 0.25) is 5.91 Å². The first kappa shape index (κ1) is 16.8. The molecule has 0 radical (unpaired) electrons. The molecule has 6 heteroatoms. The first-order valence-corrected chi connectivity index (χ1v) is 6.66. The van der Waals surface area contributed by atoms with Crippen molar-refractivity contribution in [1.29, 1.82) is 0 Å². The lowest BCUT2D eigenvalue weighted by molar-refractivity contribution is -0.385. The molecular weight excluding hydrogens is 272 g/mol. The van der Waals surface area contributed by atoms with Gasteiger partial charge in [0.15, 0.2) is 0 Å². The van der Waals surface area contributed by atoms with Crippen LogP contribution in [0.5, 0.6) is 0 Å². The highest BCUT2D eigenvalue weighted by Crippen LogP contribution is 2.19. The molecule has 0 aromatic heterocycles. The van der Waals surface area contributed by atoms with Crippen LogP contribution >= 0.6 is 0 Å². The first-order chi connectivity index (χ1) is 9.74. The molecule has 6 nitrogen and oxygen atoms in total. The number of nitro groups is 1. The summed E-state index contributed by atoms with van der Waals surface area (Å²) in [5.41, 5.74) is -0.702. The topological polar surface area (TPSA) is 92.5 Å². The van der Waals surface area contributed by atoms with E-state index in [-0.39, 0.29) is 18.2 Å². The Morgan fingerprint density at radius 2 is 2.10 bits per heavy atom. The molecule has 21 heavy (non-hydrogen) atoms. The van der Waals surface area contributed by atoms with Crippen molar-refractivity contribution in [2.75, 3.05) is 6.54 Å². The van der Waals surface area contributed by atoms with Crippen molar-refractivity contribution in [1.82, 2.24) is 5.32 Å². The number of carbonyl (C=O) groups excluding carboxylic acids is 1. The Morgan fingerprint density at radius 1 is 1.48 bits per heavy atom. The molecule has 1 amide bonds. The first-order valence-electron chi connectivity index (χ1n) is 6.66. The van der Waals surface area contributed by atoms with Gasteiger partial charge < -0.3 is 10.4 Å². The van der Waals surface area contributed by atoms with Crippen molar-refractivity contribution < 1.29 is 14.8 Å². The van der Waals surface area contributed by atoms with E-state index >= 15 is 0 Å². The van der Waals surface area contributed by atoms with Crippen molar-refractivity contribution in [2.45, 2.75) is 26.4 Å². The Hall–Kier alpha value is -2.21. The van der Waals surface area contributed by atoms with Gasteiger partial charge in [0.25, 0.3) is 5.69 Å². The average Bonchev–Trinajstić information content (AvgIpc) is 2.43. The van der Waals surface area contributed by atoms with Crippen LogP contribution in [0.25, 0.3) is 6.08 Å². The number of nitrogens with zero attached hydrogens (tertiary/aromatic N) is 1. The molecule has 0 saturated carbocycles. The molecule has 1 aromatic carbocycles. The fourth-order valence-electron chi connectivity index (χ4n) is 1.49. The zero-order valence-electron chi connectivity index (χ0n) is 12.4. The number of aliphatic hydroxyl groups is 1. The highest BCUT2D eigenvalue weighted by Gasteiger charge is 2.24. The minimum Gasteiger partial charge on any atom is -0.388 e. The van der Waals surface area contributed by atoms with Gasteiger partial charge in [0.05, 0.1) is 16.1 Å². The monoisotopic (exact) mass is 292 g/mol. The maximum absolute atomic E-state index is 11.7. The van der Waals surface area contributed by atoms with Gasteiger partial charge in [-0.25, -0.2) is 0 Å². The smallest absolute Gasteiger partial charge is 0.276 e. The highest BCUT2D eigenvalue weighted by molar-refractivity contribution is 5.92. The second-order valence-corrected chi connectivity index (χ2v) is 5.38. The van der Waals surface area contributed by atoms with Gasteiger partial charge in [-0.3, -0.25) is 14.9 Å². The van der Waals surface area contributed by atoms with Crippen LogP contribution in [0.2, 0.25) is 0 Å². The van der Waals surface area contributed by atoms with E-state index in [1.807, 2.05) is 13.8 Å². The second-order valence-electron chi connectivity index (χ2n) is 5.38. The molecule has 0 saturated heterocycles. The molecule has 0 aliphatic rings. The van der Waals surface area contributed by atoms with E-state index in [1.54, 1.807) is 25.1 Å². The largest absolute Gasteiger partial charge is 0.388 e. The number of nitro benzene ring substituents is 1. The third-order valence-corrected chi connectivity index (χ3v) is 3.41. The second kappa shape index (κ2) is 6.99. The number of hydrogen-bond donors (Lipinski definition) is 2. The summed E-state index contributed by atoms with van der Waals surface area (Å²) in [6, 6.07) is 6.16. The van der Waals surface area contributed by atoms with Gasteiger partial charge in [-0.15, -0.1) is 0 Å². The molecule has 0 fully saturated rings. The van der Waals surface area contributed by atoms with Crippen LogP contribution in [-0.2, 0) is 4.79 Å². The molecule has 0 aliphatic carbocycles. The van der Waals surface area contributed by atoms with Gasteiger partial charge in [0.1, 0.15) is 0 Å². The van der Waals surface area contributed by atoms with Gasteiger partial charge in [-0.05, 0) is 25.0 Å². The molecule has 0 heterocycles. The van der Waals surface area contributed by atoms with Gasteiger partial charge in [-0.1, -0.05) is 26.0 Å². The Morgan fingerprint density at radius 3 is 2.67 bits per heavy atom. The maximum atomic E-state index is 11.7. The molecule has 1 atom stereocenters. The van der Waals surface area contributed by atoms with Crippen molar-refractivity contribution in [3.05, 3.63) is 46.0 Å². The van der Waals surface area contributed by atoms with Gasteiger partial charge in [-0.2, -0.15) is 0 Å². The van der Waals surface area contributed by atoms with Crippen LogP contribution in [0, 0.1) is 16.0 Å². The summed E-state index contributed by atoms with van der Waals surface area (Å²) >= 11 is 0. The predicted molar refractivity (Wildman–Crippen MR) is 80.6 cm³/mol. The molecule has 0 spiro atoms. The molecular formula is C15H20N2O4. The molecule has 1 rings (SSSR count). The molecule has 2 N–H and O–H groups in total. The van der Waals surface area contributed by atoms with Crippen molar-refractivity contribution in [2.24, 2.45) is 5.92 Å². The summed E-state index contributed by atoms with van der Waals surface area (Å²) in [6.07, 6.45) is 2.61. The predicted octanol–water partition coefficient (Wildman–Crippen LogP) is 2.13. The van der Waals surface area contributed by atoms with Crippen LogP contribution in [0.1, 0.15) is 26.3 Å². The number of hydrogen-bond acceptors (Lipinski definition) is 4. The fraction of sp³-hybridized carbons (Fsp3) is 0.400. The van der Waals surface area contributed by atoms with Crippen LogP contribution in [0.4, 0.5) is 5.69 Å². The van der Waals surface area contributed by atoms with E-state index in [1.165, 1.54) is 18.2 Å². The summed E-state index contributed by atoms with van der Waals surface area (Å²) in [7, 11) is 0. The highest BCUT2D eigenvalue weighted by atomic mass is 16.6. The number of amides is 1. The van der Waals surface area contributed by atoms with E-state index in [4.69, 9.17) is 0 Å². The summed E-state index contributed by atoms with van der Waals surface area (Å²) in [5.74, 6) is -0.411. The molecule has 114 valence electrons. The van der Waals surface area contributed by atoms with Crippen LogP contribution < -0.4 is 5.32 Å². The summed E-state index contributed by atoms with van der Waals surface area (Å²) in [4.78, 5) is 22.0. The Bertz CT molecular complexity index is 550. The SMILES string of the molecule is CC(C)C(C)(O)CNC(=O)C=Cc1ccccc1[N+](=O)[O-]. The third kappa shape index (κ3) is 5.00. The zero-order chi connectivity index (χ0) is 16.0. The van der Waals surface area contributed by atoms with Crippen LogP contribution in [0.15, 0.2) is 30.3 Å². The number of carbonyl (C=O) groups is 1. The van der Waals surface area contributed by atoms with E-state index in [0.29, 0.717) is 5.56 Å².